The van der Waals surface area contributed by atoms with Gasteiger partial charge in [-0.3, -0.25) is 4.79 Å². The zero-order chi connectivity index (χ0) is 13.4. The van der Waals surface area contributed by atoms with E-state index in [1.807, 2.05) is 17.9 Å². The summed E-state index contributed by atoms with van der Waals surface area (Å²) in [6, 6.07) is 2.06. The number of hydrogen-bond acceptors (Lipinski definition) is 3. The average Bonchev–Trinajstić information content (AvgIpc) is 2.76. The molecule has 1 saturated heterocycles. The average molecular weight is 328 g/mol. The molecule has 0 unspecified atom stereocenters. The molecule has 4 nitrogen and oxygen atoms in total. The Labute approximate surface area is 121 Å². The minimum atomic E-state index is 0.00315. The Kier molecular flexibility index (Phi) is 3.67. The zero-order valence-electron chi connectivity index (χ0n) is 11.0. The van der Waals surface area contributed by atoms with E-state index in [1.165, 1.54) is 12.8 Å². The normalized spacial score (nSPS) is 27.2. The van der Waals surface area contributed by atoms with Crippen molar-refractivity contribution in [3.63, 3.8) is 0 Å². The molecule has 2 heterocycles. The molecule has 2 atom stereocenters. The maximum Gasteiger partial charge on any atom is 0.290 e. The molecule has 3 rings (SSSR count). The fraction of sp³-hybridized carbons (Fsp3) is 0.643. The summed E-state index contributed by atoms with van der Waals surface area (Å²) in [6.45, 7) is 3.20. The molecule has 1 aliphatic heterocycles. The van der Waals surface area contributed by atoms with Gasteiger partial charge >= 0.3 is 0 Å². The van der Waals surface area contributed by atoms with Crippen molar-refractivity contribution in [2.45, 2.75) is 44.8 Å². The lowest BCUT2D eigenvalue weighted by atomic mass is 9.90. The molecule has 0 aromatic carbocycles. The second kappa shape index (κ2) is 5.29. The first-order valence-corrected chi connectivity index (χ1v) is 7.64. The van der Waals surface area contributed by atoms with Gasteiger partial charge < -0.3 is 14.1 Å². The summed E-state index contributed by atoms with van der Waals surface area (Å²) in [7, 11) is 0. The second-order valence-corrected chi connectivity index (χ2v) is 6.10. The predicted molar refractivity (Wildman–Crippen MR) is 74.2 cm³/mol. The number of ether oxygens (including phenoxy) is 1. The number of fused-ring (bicyclic) bond motifs is 1. The smallest absolute Gasteiger partial charge is 0.290 e. The van der Waals surface area contributed by atoms with Crippen LogP contribution in [0.25, 0.3) is 0 Å². The summed E-state index contributed by atoms with van der Waals surface area (Å²) in [6.07, 6.45) is 4.70. The minimum absolute atomic E-state index is 0.00315. The summed E-state index contributed by atoms with van der Waals surface area (Å²) < 4.78 is 11.9. The zero-order valence-corrected chi connectivity index (χ0v) is 12.6. The largest absolute Gasteiger partial charge is 0.444 e. The van der Waals surface area contributed by atoms with E-state index >= 15 is 0 Å². The number of morpholine rings is 1. The van der Waals surface area contributed by atoms with E-state index < -0.39 is 0 Å². The van der Waals surface area contributed by atoms with Crippen LogP contribution in [0.15, 0.2) is 15.2 Å². The van der Waals surface area contributed by atoms with E-state index in [1.54, 1.807) is 0 Å². The van der Waals surface area contributed by atoms with Crippen molar-refractivity contribution in [1.29, 1.82) is 0 Å². The summed E-state index contributed by atoms with van der Waals surface area (Å²) in [5.74, 6) is 0.460. The van der Waals surface area contributed by atoms with Gasteiger partial charge in [0.1, 0.15) is 0 Å². The quantitative estimate of drug-likeness (QED) is 0.795. The van der Waals surface area contributed by atoms with E-state index in [-0.39, 0.29) is 18.1 Å². The van der Waals surface area contributed by atoms with Crippen LogP contribution in [0.5, 0.6) is 0 Å². The molecule has 0 N–H and O–H groups in total. The first-order valence-electron chi connectivity index (χ1n) is 6.85. The molecule has 1 amide bonds. The molecule has 5 heteroatoms. The number of furan rings is 1. The number of amides is 1. The topological polar surface area (TPSA) is 42.7 Å². The fourth-order valence-corrected chi connectivity index (χ4v) is 3.64. The van der Waals surface area contributed by atoms with Crippen LogP contribution >= 0.6 is 15.9 Å². The van der Waals surface area contributed by atoms with Crippen molar-refractivity contribution in [2.75, 3.05) is 13.2 Å². The van der Waals surface area contributed by atoms with Gasteiger partial charge in [0.25, 0.3) is 5.91 Å². The van der Waals surface area contributed by atoms with Crippen LogP contribution in [-0.4, -0.2) is 36.1 Å². The molecule has 1 aliphatic carbocycles. The van der Waals surface area contributed by atoms with Gasteiger partial charge in [0.2, 0.25) is 0 Å². The van der Waals surface area contributed by atoms with E-state index in [0.29, 0.717) is 23.6 Å². The van der Waals surface area contributed by atoms with Crippen LogP contribution in [0.3, 0.4) is 0 Å². The Balaban J connectivity index is 1.83. The van der Waals surface area contributed by atoms with E-state index in [2.05, 4.69) is 15.9 Å². The third kappa shape index (κ3) is 2.46. The number of aryl methyl sites for hydroxylation is 1. The molecule has 104 valence electrons. The van der Waals surface area contributed by atoms with Gasteiger partial charge in [-0.15, -0.1) is 0 Å². The number of halogens is 1. The maximum atomic E-state index is 12.6. The van der Waals surface area contributed by atoms with Crippen LogP contribution in [-0.2, 0) is 4.74 Å². The molecule has 0 radical (unpaired) electrons. The molecule has 0 bridgehead atoms. The minimum Gasteiger partial charge on any atom is -0.444 e. The third-order valence-electron chi connectivity index (χ3n) is 4.07. The highest BCUT2D eigenvalue weighted by Crippen LogP contribution is 2.30. The Morgan fingerprint density at radius 3 is 2.95 bits per heavy atom. The molecule has 1 aromatic heterocycles. The van der Waals surface area contributed by atoms with Crippen molar-refractivity contribution in [2.24, 2.45) is 0 Å². The summed E-state index contributed by atoms with van der Waals surface area (Å²) >= 11 is 3.28. The molecule has 1 saturated carbocycles. The van der Waals surface area contributed by atoms with Gasteiger partial charge in [-0.25, -0.2) is 0 Å². The predicted octanol–water partition coefficient (Wildman–Crippen LogP) is 3.13. The van der Waals surface area contributed by atoms with Crippen molar-refractivity contribution < 1.29 is 13.9 Å². The van der Waals surface area contributed by atoms with E-state index in [9.17, 15) is 4.79 Å². The summed E-state index contributed by atoms with van der Waals surface area (Å²) in [5, 5.41) is 0. The van der Waals surface area contributed by atoms with E-state index in [0.717, 1.165) is 18.4 Å². The SMILES string of the molecule is Cc1cc(Br)oc1C(=O)N1CCO[C@H]2CCCC[C@H]21. The first-order chi connectivity index (χ1) is 9.16. The lowest BCUT2D eigenvalue weighted by molar-refractivity contribution is -0.0760. The molecule has 19 heavy (non-hydrogen) atoms. The van der Waals surface area contributed by atoms with Crippen LogP contribution in [0, 0.1) is 6.92 Å². The number of rotatable bonds is 1. The van der Waals surface area contributed by atoms with Gasteiger partial charge in [-0.1, -0.05) is 12.8 Å². The van der Waals surface area contributed by atoms with Crippen LogP contribution in [0.1, 0.15) is 41.8 Å². The van der Waals surface area contributed by atoms with Gasteiger partial charge in [-0.05, 0) is 41.8 Å². The molecule has 2 fully saturated rings. The fourth-order valence-electron chi connectivity index (χ4n) is 3.13. The maximum absolute atomic E-state index is 12.6. The number of carbonyl (C=O) groups is 1. The highest BCUT2D eigenvalue weighted by atomic mass is 79.9. The monoisotopic (exact) mass is 327 g/mol. The summed E-state index contributed by atoms with van der Waals surface area (Å²) in [4.78, 5) is 14.6. The second-order valence-electron chi connectivity index (χ2n) is 5.32. The third-order valence-corrected chi connectivity index (χ3v) is 4.47. The summed E-state index contributed by atoms with van der Waals surface area (Å²) in [5.41, 5.74) is 0.885. The van der Waals surface area contributed by atoms with Gasteiger partial charge in [0.15, 0.2) is 10.4 Å². The van der Waals surface area contributed by atoms with Crippen LogP contribution in [0.2, 0.25) is 0 Å². The van der Waals surface area contributed by atoms with Gasteiger partial charge in [0, 0.05) is 12.1 Å². The number of carbonyl (C=O) groups excluding carboxylic acids is 1. The first kappa shape index (κ1) is 13.2. The lowest BCUT2D eigenvalue weighted by Crippen LogP contribution is -2.54. The molecule has 1 aromatic rings. The standard InChI is InChI=1S/C14H18BrNO3/c1-9-8-12(15)19-13(9)14(17)16-6-7-18-11-5-3-2-4-10(11)16/h8,10-11H,2-7H2,1H3/t10-,11+/m1/s1. The Hall–Kier alpha value is -0.810. The van der Waals surface area contributed by atoms with E-state index in [4.69, 9.17) is 9.15 Å². The number of hydrogen-bond donors (Lipinski definition) is 0. The van der Waals surface area contributed by atoms with Gasteiger partial charge in [0.05, 0.1) is 18.8 Å². The Morgan fingerprint density at radius 2 is 2.21 bits per heavy atom. The van der Waals surface area contributed by atoms with Crippen molar-refractivity contribution >= 4 is 21.8 Å². The molecule has 2 aliphatic rings. The van der Waals surface area contributed by atoms with Crippen LogP contribution in [0.4, 0.5) is 0 Å². The number of nitrogens with zero attached hydrogens (tertiary/aromatic N) is 1. The van der Waals surface area contributed by atoms with Crippen LogP contribution < -0.4 is 0 Å². The Bertz CT molecular complexity index is 483. The van der Waals surface area contributed by atoms with Crippen molar-refractivity contribution in [3.8, 4) is 0 Å². The Morgan fingerprint density at radius 1 is 1.42 bits per heavy atom. The highest BCUT2D eigenvalue weighted by molar-refractivity contribution is 9.10. The molecular weight excluding hydrogens is 310 g/mol. The lowest BCUT2D eigenvalue weighted by Gasteiger charge is -2.43. The van der Waals surface area contributed by atoms with Crippen molar-refractivity contribution in [3.05, 3.63) is 22.1 Å². The highest BCUT2D eigenvalue weighted by Gasteiger charge is 2.38. The molecule has 0 spiro atoms. The van der Waals surface area contributed by atoms with Crippen molar-refractivity contribution in [1.82, 2.24) is 4.90 Å². The molecular formula is C14H18BrNO3. The van der Waals surface area contributed by atoms with Gasteiger partial charge in [-0.2, -0.15) is 0 Å².